The smallest absolute Gasteiger partial charge is 0.356 e. The number of ether oxygens (including phenoxy) is 1. The van der Waals surface area contributed by atoms with Crippen molar-refractivity contribution in [2.45, 2.75) is 45.4 Å². The summed E-state index contributed by atoms with van der Waals surface area (Å²) in [7, 11) is 1.39. The Balaban J connectivity index is 1.81. The number of esters is 1. The molecule has 0 bridgehead atoms. The lowest BCUT2D eigenvalue weighted by atomic mass is 9.73. The third-order valence-electron chi connectivity index (χ3n) is 7.26. The van der Waals surface area contributed by atoms with Gasteiger partial charge in [0.15, 0.2) is 0 Å². The molecule has 0 atom stereocenters. The van der Waals surface area contributed by atoms with Gasteiger partial charge in [0.05, 0.1) is 29.2 Å². The minimum Gasteiger partial charge on any atom is -0.464 e. The first-order valence-corrected chi connectivity index (χ1v) is 11.6. The van der Waals surface area contributed by atoms with Crippen molar-refractivity contribution < 1.29 is 9.53 Å². The van der Waals surface area contributed by atoms with Crippen molar-refractivity contribution in [3.05, 3.63) is 82.5 Å². The van der Waals surface area contributed by atoms with E-state index in [1.165, 1.54) is 18.2 Å². The highest BCUT2D eigenvalue weighted by Crippen LogP contribution is 2.42. The Morgan fingerprint density at radius 2 is 1.76 bits per heavy atom. The lowest BCUT2D eigenvalue weighted by Crippen LogP contribution is -2.32. The van der Waals surface area contributed by atoms with Crippen LogP contribution < -0.4 is 5.36 Å². The molecule has 1 aliphatic rings. The first-order chi connectivity index (χ1) is 16.1. The number of para-hydroxylation sites is 1. The maximum atomic E-state index is 12.6. The van der Waals surface area contributed by atoms with Gasteiger partial charge in [-0.25, -0.2) is 14.8 Å². The average molecular weight is 450 g/mol. The van der Waals surface area contributed by atoms with Gasteiger partial charge < -0.3 is 9.14 Å². The Hall–Kier alpha value is -3.73. The molecule has 34 heavy (non-hydrogen) atoms. The number of hydrogen-bond acceptors (Lipinski definition) is 4. The number of nitrogens with zero attached hydrogens (tertiary/aromatic N) is 3. The van der Waals surface area contributed by atoms with Crippen LogP contribution in [0, 0.1) is 0 Å². The van der Waals surface area contributed by atoms with Crippen LogP contribution in [-0.4, -0.2) is 22.5 Å². The van der Waals surface area contributed by atoms with Crippen molar-refractivity contribution in [2.75, 3.05) is 7.11 Å². The van der Waals surface area contributed by atoms with E-state index in [0.29, 0.717) is 5.69 Å². The van der Waals surface area contributed by atoms with Crippen LogP contribution in [0.4, 0.5) is 5.69 Å². The molecule has 0 saturated heterocycles. The molecular weight excluding hydrogens is 422 g/mol. The Bertz CT molecular complexity index is 1720. The maximum Gasteiger partial charge on any atom is 0.356 e. The molecule has 1 aliphatic heterocycles. The topological polar surface area (TPSA) is 56.0 Å². The minimum absolute atomic E-state index is 0.0441. The molecule has 0 saturated carbocycles. The van der Waals surface area contributed by atoms with Gasteiger partial charge >= 0.3 is 5.97 Å². The molecule has 0 N–H and O–H groups in total. The van der Waals surface area contributed by atoms with Crippen LogP contribution in [0.15, 0.2) is 59.7 Å². The van der Waals surface area contributed by atoms with Gasteiger partial charge in [0.1, 0.15) is 11.2 Å². The summed E-state index contributed by atoms with van der Waals surface area (Å²) in [5.41, 5.74) is 7.36. The maximum absolute atomic E-state index is 12.6. The zero-order valence-electron chi connectivity index (χ0n) is 20.4. The van der Waals surface area contributed by atoms with Gasteiger partial charge in [-0.3, -0.25) is 0 Å². The zero-order chi connectivity index (χ0) is 24.0. The molecule has 3 aromatic heterocycles. The fourth-order valence-electron chi connectivity index (χ4n) is 5.28. The molecular formula is C29H27N3O2. The molecule has 0 unspecified atom stereocenters. The van der Waals surface area contributed by atoms with Crippen LogP contribution >= 0.6 is 0 Å². The highest BCUT2D eigenvalue weighted by atomic mass is 16.5. The van der Waals surface area contributed by atoms with Gasteiger partial charge in [-0.2, -0.15) is 0 Å². The van der Waals surface area contributed by atoms with Gasteiger partial charge in [-0.1, -0.05) is 65.0 Å². The molecule has 4 heterocycles. The summed E-state index contributed by atoms with van der Waals surface area (Å²) in [5, 5.41) is 2.88. The molecule has 5 heteroatoms. The van der Waals surface area contributed by atoms with Crippen molar-refractivity contribution >= 4 is 39.0 Å². The SMILES string of the molecule is COC(=O)c1cc2c3ccccc3n3cc4c(c(n1)c23)=Nc1ccc(C(C)(C)C)cc1C4(C)C. The number of rotatable bonds is 1. The average Bonchev–Trinajstić information content (AvgIpc) is 3.13. The van der Waals surface area contributed by atoms with Crippen LogP contribution in [-0.2, 0) is 15.6 Å². The summed E-state index contributed by atoms with van der Waals surface area (Å²) >= 11 is 0. The lowest BCUT2D eigenvalue weighted by molar-refractivity contribution is 0.0594. The third-order valence-corrected chi connectivity index (χ3v) is 7.26. The number of aromatic nitrogens is 2. The zero-order valence-corrected chi connectivity index (χ0v) is 20.4. The van der Waals surface area contributed by atoms with E-state index in [1.54, 1.807) is 0 Å². The predicted octanol–water partition coefficient (Wildman–Crippen LogP) is 6.03. The lowest BCUT2D eigenvalue weighted by Gasteiger charge is -2.33. The van der Waals surface area contributed by atoms with Gasteiger partial charge in [0, 0.05) is 27.9 Å². The van der Waals surface area contributed by atoms with E-state index in [1.807, 2.05) is 18.2 Å². The second-order valence-corrected chi connectivity index (χ2v) is 10.7. The molecule has 5 aromatic rings. The molecule has 170 valence electrons. The van der Waals surface area contributed by atoms with Crippen molar-refractivity contribution in [3.8, 4) is 0 Å². The normalized spacial score (nSPS) is 14.8. The van der Waals surface area contributed by atoms with Gasteiger partial charge in [0.25, 0.3) is 0 Å². The van der Waals surface area contributed by atoms with Crippen molar-refractivity contribution in [1.29, 1.82) is 0 Å². The number of carbonyl (C=O) groups is 1. The van der Waals surface area contributed by atoms with Gasteiger partial charge in [-0.15, -0.1) is 0 Å². The predicted molar refractivity (Wildman–Crippen MR) is 135 cm³/mol. The fraction of sp³-hybridized carbons (Fsp3) is 0.276. The second kappa shape index (κ2) is 6.66. The van der Waals surface area contributed by atoms with Gasteiger partial charge in [0.2, 0.25) is 0 Å². The van der Waals surface area contributed by atoms with E-state index >= 15 is 0 Å². The largest absolute Gasteiger partial charge is 0.464 e. The van der Waals surface area contributed by atoms with Crippen LogP contribution in [0.3, 0.4) is 0 Å². The monoisotopic (exact) mass is 449 g/mol. The number of methoxy groups -OCH3 is 1. The summed E-state index contributed by atoms with van der Waals surface area (Å²) < 4.78 is 7.25. The summed E-state index contributed by atoms with van der Waals surface area (Å²) in [6.45, 7) is 11.2. The summed E-state index contributed by atoms with van der Waals surface area (Å²) in [4.78, 5) is 22.5. The highest BCUT2D eigenvalue weighted by Gasteiger charge is 2.34. The summed E-state index contributed by atoms with van der Waals surface area (Å²) in [6.07, 6.45) is 2.21. The van der Waals surface area contributed by atoms with E-state index < -0.39 is 5.97 Å². The number of hydrogen-bond donors (Lipinski definition) is 0. The molecule has 0 amide bonds. The number of benzene rings is 2. The quantitative estimate of drug-likeness (QED) is 0.293. The summed E-state index contributed by atoms with van der Waals surface area (Å²) in [5.74, 6) is -0.447. The Morgan fingerprint density at radius 1 is 1.00 bits per heavy atom. The fourth-order valence-corrected chi connectivity index (χ4v) is 5.28. The third kappa shape index (κ3) is 2.70. The molecule has 2 aromatic carbocycles. The van der Waals surface area contributed by atoms with E-state index in [2.05, 4.69) is 75.5 Å². The summed E-state index contributed by atoms with van der Waals surface area (Å²) in [6, 6.07) is 16.7. The van der Waals surface area contributed by atoms with Crippen molar-refractivity contribution in [1.82, 2.24) is 9.38 Å². The molecule has 0 aliphatic carbocycles. The van der Waals surface area contributed by atoms with Crippen molar-refractivity contribution in [2.24, 2.45) is 4.99 Å². The number of fused-ring (bicyclic) bond motifs is 6. The first-order valence-electron chi connectivity index (χ1n) is 11.6. The molecule has 0 fully saturated rings. The minimum atomic E-state index is -0.447. The molecule has 0 radical (unpaired) electrons. The van der Waals surface area contributed by atoms with Crippen LogP contribution in [0.25, 0.3) is 27.3 Å². The molecule has 5 nitrogen and oxygen atoms in total. The Morgan fingerprint density at radius 3 is 2.50 bits per heavy atom. The Kier molecular flexibility index (Phi) is 4.08. The van der Waals surface area contributed by atoms with E-state index in [-0.39, 0.29) is 10.8 Å². The Labute approximate surface area is 198 Å². The second-order valence-electron chi connectivity index (χ2n) is 10.7. The van der Waals surface area contributed by atoms with Crippen molar-refractivity contribution in [3.63, 3.8) is 0 Å². The van der Waals surface area contributed by atoms with E-state index in [4.69, 9.17) is 14.7 Å². The highest BCUT2D eigenvalue weighted by molar-refractivity contribution is 6.14. The van der Waals surface area contributed by atoms with E-state index in [0.717, 1.165) is 43.9 Å². The van der Waals surface area contributed by atoms with Crippen LogP contribution in [0.5, 0.6) is 0 Å². The molecule has 6 rings (SSSR count). The number of pyridine rings is 2. The van der Waals surface area contributed by atoms with Crippen LogP contribution in [0.2, 0.25) is 0 Å². The standard InChI is InChI=1S/C29H27N3O2/c1-28(2,3)16-11-12-21-19(13-16)29(4,5)20-15-32-23-10-8-7-9-17(23)18-14-22(27(33)34-6)31-25(26(18)32)24(20)30-21/h7-15H,1-6H3. The van der Waals surface area contributed by atoms with Crippen LogP contribution in [0.1, 0.15) is 61.8 Å². The first kappa shape index (κ1) is 20.8. The number of carbonyl (C=O) groups excluding carboxylic acids is 1. The molecule has 0 spiro atoms. The van der Waals surface area contributed by atoms with Gasteiger partial charge in [-0.05, 0) is 34.7 Å². The van der Waals surface area contributed by atoms with E-state index in [9.17, 15) is 4.79 Å².